The molecule has 2 N–H and O–H groups in total. The van der Waals surface area contributed by atoms with E-state index in [9.17, 15) is 4.79 Å². The monoisotopic (exact) mass is 222 g/mol. The van der Waals surface area contributed by atoms with Gasteiger partial charge in [0, 0.05) is 11.7 Å². The Morgan fingerprint density at radius 3 is 2.44 bits per heavy atom. The van der Waals surface area contributed by atoms with Crippen molar-refractivity contribution in [1.82, 2.24) is 5.32 Å². The third-order valence-corrected chi connectivity index (χ3v) is 1.84. The molecule has 88 valence electrons. The van der Waals surface area contributed by atoms with Crippen LogP contribution in [0, 0.1) is 0 Å². The molecule has 0 spiro atoms. The highest BCUT2D eigenvalue weighted by Gasteiger charge is 2.02. The van der Waals surface area contributed by atoms with Crippen LogP contribution in [0.4, 0.5) is 10.5 Å². The highest BCUT2D eigenvalue weighted by atomic mass is 16.5. The lowest BCUT2D eigenvalue weighted by Crippen LogP contribution is -2.34. The number of ether oxygens (including phenoxy) is 1. The lowest BCUT2D eigenvalue weighted by Gasteiger charge is -2.10. The molecule has 16 heavy (non-hydrogen) atoms. The van der Waals surface area contributed by atoms with Crippen LogP contribution in [0.1, 0.15) is 20.8 Å². The van der Waals surface area contributed by atoms with E-state index in [0.29, 0.717) is 6.61 Å². The number of rotatable bonds is 4. The summed E-state index contributed by atoms with van der Waals surface area (Å²) in [6, 6.07) is 7.21. The summed E-state index contributed by atoms with van der Waals surface area (Å²) in [5, 5.41) is 5.49. The Kier molecular flexibility index (Phi) is 4.64. The van der Waals surface area contributed by atoms with E-state index in [1.165, 1.54) is 0 Å². The summed E-state index contributed by atoms with van der Waals surface area (Å²) in [7, 11) is 0. The Hall–Kier alpha value is -1.71. The lowest BCUT2D eigenvalue weighted by atomic mass is 10.3. The fraction of sp³-hybridized carbons (Fsp3) is 0.417. The molecule has 4 nitrogen and oxygen atoms in total. The number of hydrogen-bond donors (Lipinski definition) is 2. The molecule has 0 unspecified atom stereocenters. The van der Waals surface area contributed by atoms with E-state index in [-0.39, 0.29) is 12.1 Å². The van der Waals surface area contributed by atoms with Crippen molar-refractivity contribution in [2.75, 3.05) is 11.9 Å². The summed E-state index contributed by atoms with van der Waals surface area (Å²) in [5.41, 5.74) is 0.751. The minimum absolute atomic E-state index is 0.127. The van der Waals surface area contributed by atoms with E-state index in [1.807, 2.05) is 45.0 Å². The molecule has 0 radical (unpaired) electrons. The number of nitrogens with one attached hydrogen (secondary N) is 2. The number of amides is 2. The third kappa shape index (κ3) is 4.21. The Morgan fingerprint density at radius 2 is 1.94 bits per heavy atom. The van der Waals surface area contributed by atoms with E-state index >= 15 is 0 Å². The van der Waals surface area contributed by atoms with Gasteiger partial charge in [-0.25, -0.2) is 4.79 Å². The molecule has 0 saturated carbocycles. The van der Waals surface area contributed by atoms with Gasteiger partial charge in [-0.3, -0.25) is 0 Å². The maximum absolute atomic E-state index is 11.4. The number of carbonyl (C=O) groups is 1. The van der Waals surface area contributed by atoms with Crippen LogP contribution in [0.3, 0.4) is 0 Å². The van der Waals surface area contributed by atoms with Crippen LogP contribution in [0.25, 0.3) is 0 Å². The van der Waals surface area contributed by atoms with Crippen molar-refractivity contribution in [1.29, 1.82) is 0 Å². The van der Waals surface area contributed by atoms with Crippen molar-refractivity contribution in [3.63, 3.8) is 0 Å². The molecule has 1 rings (SSSR count). The van der Waals surface area contributed by atoms with Crippen LogP contribution in [-0.2, 0) is 0 Å². The predicted octanol–water partition coefficient (Wildman–Crippen LogP) is 2.62. The first-order valence-electron chi connectivity index (χ1n) is 5.42. The maximum Gasteiger partial charge on any atom is 0.319 e. The smallest absolute Gasteiger partial charge is 0.319 e. The van der Waals surface area contributed by atoms with Crippen molar-refractivity contribution >= 4 is 11.7 Å². The molecule has 2 amide bonds. The molecule has 0 aliphatic rings. The first kappa shape index (κ1) is 12.4. The molecule has 0 atom stereocenters. The summed E-state index contributed by atoms with van der Waals surface area (Å²) >= 11 is 0. The summed E-state index contributed by atoms with van der Waals surface area (Å²) in [5.74, 6) is 0.803. The molecule has 1 aromatic rings. The van der Waals surface area contributed by atoms with Crippen LogP contribution >= 0.6 is 0 Å². The molecule has 0 aliphatic carbocycles. The Labute approximate surface area is 96.0 Å². The lowest BCUT2D eigenvalue weighted by molar-refractivity contribution is 0.250. The van der Waals surface area contributed by atoms with Crippen LogP contribution in [0.15, 0.2) is 24.3 Å². The molecular weight excluding hydrogens is 204 g/mol. The van der Waals surface area contributed by atoms with Gasteiger partial charge in [-0.2, -0.15) is 0 Å². The van der Waals surface area contributed by atoms with Crippen molar-refractivity contribution in [2.45, 2.75) is 26.8 Å². The normalized spacial score (nSPS) is 10.0. The van der Waals surface area contributed by atoms with Crippen molar-refractivity contribution in [2.24, 2.45) is 0 Å². The number of hydrogen-bond acceptors (Lipinski definition) is 2. The molecule has 0 fully saturated rings. The summed E-state index contributed by atoms with van der Waals surface area (Å²) in [6.07, 6.45) is 0. The van der Waals surface area contributed by atoms with Crippen molar-refractivity contribution < 1.29 is 9.53 Å². The van der Waals surface area contributed by atoms with Crippen LogP contribution in [0.5, 0.6) is 5.75 Å². The zero-order valence-corrected chi connectivity index (χ0v) is 9.91. The predicted molar refractivity (Wildman–Crippen MR) is 64.9 cm³/mol. The van der Waals surface area contributed by atoms with E-state index in [1.54, 1.807) is 0 Å². The summed E-state index contributed by atoms with van der Waals surface area (Å²) in [4.78, 5) is 11.4. The minimum Gasteiger partial charge on any atom is -0.494 e. The number of anilines is 1. The molecule has 4 heteroatoms. The van der Waals surface area contributed by atoms with Crippen LogP contribution < -0.4 is 15.4 Å². The summed E-state index contributed by atoms with van der Waals surface area (Å²) < 4.78 is 5.30. The van der Waals surface area contributed by atoms with Crippen LogP contribution in [0.2, 0.25) is 0 Å². The van der Waals surface area contributed by atoms with Gasteiger partial charge in [-0.15, -0.1) is 0 Å². The Bertz CT molecular complexity index is 333. The van der Waals surface area contributed by atoms with E-state index in [2.05, 4.69) is 10.6 Å². The number of carbonyl (C=O) groups excluding carboxylic acids is 1. The second-order valence-electron chi connectivity index (χ2n) is 3.71. The van der Waals surface area contributed by atoms with Crippen molar-refractivity contribution in [3.05, 3.63) is 24.3 Å². The second kappa shape index (κ2) is 6.00. The molecular formula is C12H18N2O2. The van der Waals surface area contributed by atoms with Gasteiger partial charge in [0.2, 0.25) is 0 Å². The molecule has 0 bridgehead atoms. The second-order valence-corrected chi connectivity index (χ2v) is 3.71. The average Bonchev–Trinajstić information content (AvgIpc) is 2.20. The topological polar surface area (TPSA) is 50.4 Å². The van der Waals surface area contributed by atoms with Gasteiger partial charge in [0.1, 0.15) is 5.75 Å². The largest absolute Gasteiger partial charge is 0.494 e. The maximum atomic E-state index is 11.4. The minimum atomic E-state index is -0.195. The zero-order valence-electron chi connectivity index (χ0n) is 9.91. The highest BCUT2D eigenvalue weighted by molar-refractivity contribution is 5.89. The first-order valence-corrected chi connectivity index (χ1v) is 5.42. The molecule has 0 aliphatic heterocycles. The Balaban J connectivity index is 2.51. The van der Waals surface area contributed by atoms with Crippen LogP contribution in [-0.4, -0.2) is 18.7 Å². The van der Waals surface area contributed by atoms with Crippen molar-refractivity contribution in [3.8, 4) is 5.75 Å². The van der Waals surface area contributed by atoms with Gasteiger partial charge in [0.05, 0.1) is 6.61 Å². The first-order chi connectivity index (χ1) is 7.61. The highest BCUT2D eigenvalue weighted by Crippen LogP contribution is 2.15. The van der Waals surface area contributed by atoms with Gasteiger partial charge in [0.25, 0.3) is 0 Å². The molecule has 0 aromatic heterocycles. The third-order valence-electron chi connectivity index (χ3n) is 1.84. The SMILES string of the molecule is CCOc1ccc(NC(=O)NC(C)C)cc1. The zero-order chi connectivity index (χ0) is 12.0. The van der Waals surface area contributed by atoms with Gasteiger partial charge < -0.3 is 15.4 Å². The van der Waals surface area contributed by atoms with Gasteiger partial charge in [-0.05, 0) is 45.0 Å². The summed E-state index contributed by atoms with van der Waals surface area (Å²) in [6.45, 7) is 6.40. The Morgan fingerprint density at radius 1 is 1.31 bits per heavy atom. The number of urea groups is 1. The molecule has 1 aromatic carbocycles. The average molecular weight is 222 g/mol. The fourth-order valence-corrected chi connectivity index (χ4v) is 1.23. The fourth-order valence-electron chi connectivity index (χ4n) is 1.23. The standard InChI is InChI=1S/C12H18N2O2/c1-4-16-11-7-5-10(6-8-11)14-12(15)13-9(2)3/h5-9H,4H2,1-3H3,(H2,13,14,15). The molecule has 0 heterocycles. The van der Waals surface area contributed by atoms with Gasteiger partial charge in [0.15, 0.2) is 0 Å². The quantitative estimate of drug-likeness (QED) is 0.822. The van der Waals surface area contributed by atoms with E-state index in [0.717, 1.165) is 11.4 Å². The van der Waals surface area contributed by atoms with Gasteiger partial charge in [-0.1, -0.05) is 0 Å². The van der Waals surface area contributed by atoms with E-state index in [4.69, 9.17) is 4.74 Å². The number of benzene rings is 1. The van der Waals surface area contributed by atoms with Gasteiger partial charge >= 0.3 is 6.03 Å². The molecule has 0 saturated heterocycles. The van der Waals surface area contributed by atoms with E-state index < -0.39 is 0 Å².